The van der Waals surface area contributed by atoms with E-state index in [4.69, 9.17) is 14.2 Å². The Kier molecular flexibility index (Phi) is 6.60. The zero-order valence-corrected chi connectivity index (χ0v) is 11.7. The van der Waals surface area contributed by atoms with Crippen LogP contribution in [0.1, 0.15) is 26.7 Å². The van der Waals surface area contributed by atoms with E-state index in [1.165, 1.54) is 0 Å². The minimum Gasteiger partial charge on any atom is -0.462 e. The number of rotatable bonds is 7. The summed E-state index contributed by atoms with van der Waals surface area (Å²) in [7, 11) is 1.63. The Labute approximate surface area is 109 Å². The van der Waals surface area contributed by atoms with E-state index in [0.29, 0.717) is 26.4 Å². The molecule has 18 heavy (non-hydrogen) atoms. The van der Waals surface area contributed by atoms with Crippen molar-refractivity contribution in [2.75, 3.05) is 40.1 Å². The fourth-order valence-corrected chi connectivity index (χ4v) is 2.14. The first kappa shape index (κ1) is 15.4. The lowest BCUT2D eigenvalue weighted by atomic mass is 9.77. The third kappa shape index (κ3) is 4.92. The van der Waals surface area contributed by atoms with Gasteiger partial charge in [-0.3, -0.25) is 4.79 Å². The van der Waals surface area contributed by atoms with Gasteiger partial charge in [-0.25, -0.2) is 0 Å². The van der Waals surface area contributed by atoms with Crippen LogP contribution >= 0.6 is 0 Å². The van der Waals surface area contributed by atoms with Crippen molar-refractivity contribution in [1.29, 1.82) is 0 Å². The minimum atomic E-state index is -0.203. The average molecular weight is 259 g/mol. The van der Waals surface area contributed by atoms with Crippen LogP contribution in [0, 0.1) is 5.41 Å². The summed E-state index contributed by atoms with van der Waals surface area (Å²) in [6.07, 6.45) is 2.15. The normalized spacial score (nSPS) is 22.7. The van der Waals surface area contributed by atoms with Crippen LogP contribution in [0.25, 0.3) is 0 Å². The van der Waals surface area contributed by atoms with Gasteiger partial charge in [-0.15, -0.1) is 0 Å². The summed E-state index contributed by atoms with van der Waals surface area (Å²) in [6, 6.07) is -0.203. The van der Waals surface area contributed by atoms with E-state index in [1.54, 1.807) is 7.11 Å². The van der Waals surface area contributed by atoms with Gasteiger partial charge in [-0.1, -0.05) is 13.8 Å². The molecule has 0 amide bonds. The number of nitrogens with one attached hydrogen (secondary N) is 1. The molecule has 1 fully saturated rings. The highest BCUT2D eigenvalue weighted by atomic mass is 16.6. The summed E-state index contributed by atoms with van der Waals surface area (Å²) in [5.74, 6) is -0.171. The maximum absolute atomic E-state index is 11.9. The average Bonchev–Trinajstić information content (AvgIpc) is 2.32. The lowest BCUT2D eigenvalue weighted by Gasteiger charge is -2.37. The van der Waals surface area contributed by atoms with E-state index in [1.807, 2.05) is 0 Å². The van der Waals surface area contributed by atoms with Gasteiger partial charge in [0.2, 0.25) is 0 Å². The van der Waals surface area contributed by atoms with Crippen molar-refractivity contribution >= 4 is 5.97 Å². The lowest BCUT2D eigenvalue weighted by molar-refractivity contribution is -0.152. The van der Waals surface area contributed by atoms with Crippen molar-refractivity contribution in [2.45, 2.75) is 32.7 Å². The largest absolute Gasteiger partial charge is 0.462 e. The first-order valence-corrected chi connectivity index (χ1v) is 6.54. The molecule has 0 aliphatic carbocycles. The van der Waals surface area contributed by atoms with Crippen molar-refractivity contribution in [3.8, 4) is 0 Å². The lowest BCUT2D eigenvalue weighted by Crippen LogP contribution is -2.52. The van der Waals surface area contributed by atoms with E-state index in [-0.39, 0.29) is 17.4 Å². The highest BCUT2D eigenvalue weighted by Crippen LogP contribution is 2.30. The van der Waals surface area contributed by atoms with E-state index in [0.717, 1.165) is 19.4 Å². The molecule has 1 N–H and O–H groups in total. The Morgan fingerprint density at radius 3 is 2.67 bits per heavy atom. The number of piperidine rings is 1. The highest BCUT2D eigenvalue weighted by Gasteiger charge is 2.38. The number of carbonyl (C=O) groups is 1. The van der Waals surface area contributed by atoms with Crippen molar-refractivity contribution in [1.82, 2.24) is 5.32 Å². The van der Waals surface area contributed by atoms with Gasteiger partial charge in [0, 0.05) is 7.11 Å². The molecular formula is C13H25NO4. The quantitative estimate of drug-likeness (QED) is 0.545. The maximum Gasteiger partial charge on any atom is 0.323 e. The molecule has 1 unspecified atom stereocenters. The first-order valence-electron chi connectivity index (χ1n) is 6.54. The summed E-state index contributed by atoms with van der Waals surface area (Å²) in [5, 5.41) is 3.23. The number of esters is 1. The zero-order valence-electron chi connectivity index (χ0n) is 11.7. The van der Waals surface area contributed by atoms with Crippen LogP contribution in [0.3, 0.4) is 0 Å². The molecule has 1 aliphatic rings. The first-order chi connectivity index (χ1) is 8.58. The molecule has 1 heterocycles. The molecule has 0 aromatic heterocycles. The molecule has 0 aromatic rings. The molecule has 5 heteroatoms. The summed E-state index contributed by atoms with van der Waals surface area (Å²) >= 11 is 0. The van der Waals surface area contributed by atoms with Gasteiger partial charge in [0.25, 0.3) is 0 Å². The molecule has 106 valence electrons. The Morgan fingerprint density at radius 1 is 1.28 bits per heavy atom. The molecule has 1 rings (SSSR count). The molecule has 1 aliphatic heterocycles. The monoisotopic (exact) mass is 259 g/mol. The van der Waals surface area contributed by atoms with E-state index in [9.17, 15) is 4.79 Å². The van der Waals surface area contributed by atoms with Crippen molar-refractivity contribution in [2.24, 2.45) is 5.41 Å². The number of carbonyl (C=O) groups excluding carboxylic acids is 1. The molecule has 1 saturated heterocycles. The smallest absolute Gasteiger partial charge is 0.323 e. The van der Waals surface area contributed by atoms with Gasteiger partial charge in [-0.05, 0) is 24.8 Å². The Hall–Kier alpha value is -0.650. The summed E-state index contributed by atoms with van der Waals surface area (Å²) in [5.41, 5.74) is -0.0355. The molecule has 0 saturated carbocycles. The Bertz CT molecular complexity index is 255. The van der Waals surface area contributed by atoms with Crippen LogP contribution in [0.4, 0.5) is 0 Å². The second-order valence-corrected chi connectivity index (χ2v) is 5.25. The fourth-order valence-electron chi connectivity index (χ4n) is 2.14. The summed E-state index contributed by atoms with van der Waals surface area (Å²) < 4.78 is 15.3. The molecule has 5 nitrogen and oxygen atoms in total. The summed E-state index contributed by atoms with van der Waals surface area (Å²) in [4.78, 5) is 11.9. The number of methoxy groups -OCH3 is 1. The second kappa shape index (κ2) is 7.71. The Morgan fingerprint density at radius 2 is 2.00 bits per heavy atom. The van der Waals surface area contributed by atoms with E-state index >= 15 is 0 Å². The number of hydrogen-bond acceptors (Lipinski definition) is 5. The third-order valence-corrected chi connectivity index (χ3v) is 3.27. The van der Waals surface area contributed by atoms with Crippen LogP contribution in [0.2, 0.25) is 0 Å². The Balaban J connectivity index is 2.19. The van der Waals surface area contributed by atoms with Crippen LogP contribution in [0.15, 0.2) is 0 Å². The van der Waals surface area contributed by atoms with Crippen molar-refractivity contribution in [3.05, 3.63) is 0 Å². The van der Waals surface area contributed by atoms with Gasteiger partial charge >= 0.3 is 5.97 Å². The van der Waals surface area contributed by atoms with Gasteiger partial charge in [0.05, 0.1) is 19.8 Å². The van der Waals surface area contributed by atoms with Gasteiger partial charge in [0.15, 0.2) is 0 Å². The SMILES string of the molecule is COCCOCCOC(=O)C1NCCCC1(C)C. The van der Waals surface area contributed by atoms with Crippen molar-refractivity contribution < 1.29 is 19.0 Å². The van der Waals surface area contributed by atoms with E-state index < -0.39 is 0 Å². The minimum absolute atomic E-state index is 0.0355. The predicted molar refractivity (Wildman–Crippen MR) is 68.5 cm³/mol. The van der Waals surface area contributed by atoms with Crippen LogP contribution in [0.5, 0.6) is 0 Å². The number of hydrogen-bond donors (Lipinski definition) is 1. The number of ether oxygens (including phenoxy) is 3. The molecule has 1 atom stereocenters. The molecular weight excluding hydrogens is 234 g/mol. The zero-order chi connectivity index (χ0) is 13.4. The van der Waals surface area contributed by atoms with Crippen LogP contribution < -0.4 is 5.32 Å². The van der Waals surface area contributed by atoms with Crippen molar-refractivity contribution in [3.63, 3.8) is 0 Å². The molecule has 0 bridgehead atoms. The summed E-state index contributed by atoms with van der Waals surface area (Å²) in [6.45, 7) is 6.89. The second-order valence-electron chi connectivity index (χ2n) is 5.25. The topological polar surface area (TPSA) is 56.8 Å². The standard InChI is InChI=1S/C13H25NO4/c1-13(2)5-4-6-14-11(13)12(15)18-10-9-17-8-7-16-3/h11,14H,4-10H2,1-3H3. The fraction of sp³-hybridized carbons (Fsp3) is 0.923. The van der Waals surface area contributed by atoms with Gasteiger partial charge < -0.3 is 19.5 Å². The third-order valence-electron chi connectivity index (χ3n) is 3.27. The maximum atomic E-state index is 11.9. The van der Waals surface area contributed by atoms with Gasteiger partial charge in [0.1, 0.15) is 12.6 Å². The molecule has 0 spiro atoms. The molecule has 0 radical (unpaired) electrons. The predicted octanol–water partition coefficient (Wildman–Crippen LogP) is 0.971. The van der Waals surface area contributed by atoms with Crippen LogP contribution in [-0.4, -0.2) is 52.1 Å². The highest BCUT2D eigenvalue weighted by molar-refractivity contribution is 5.77. The molecule has 0 aromatic carbocycles. The van der Waals surface area contributed by atoms with Gasteiger partial charge in [-0.2, -0.15) is 0 Å². The van der Waals surface area contributed by atoms with Crippen LogP contribution in [-0.2, 0) is 19.0 Å². The van der Waals surface area contributed by atoms with E-state index in [2.05, 4.69) is 19.2 Å².